The number of rotatable bonds is 6. The van der Waals surface area contributed by atoms with Crippen LogP contribution in [0.25, 0.3) is 0 Å². The van der Waals surface area contributed by atoms with Crippen LogP contribution in [0.4, 0.5) is 0 Å². The van der Waals surface area contributed by atoms with Gasteiger partial charge in [0.2, 0.25) is 0 Å². The second-order valence-corrected chi connectivity index (χ2v) is 14.9. The van der Waals surface area contributed by atoms with Crippen molar-refractivity contribution in [2.75, 3.05) is 39.3 Å². The summed E-state index contributed by atoms with van der Waals surface area (Å²) in [6, 6.07) is 0. The van der Waals surface area contributed by atoms with E-state index in [1.807, 2.05) is 0 Å². The van der Waals surface area contributed by atoms with Gasteiger partial charge in [0, 0.05) is 36.3 Å². The summed E-state index contributed by atoms with van der Waals surface area (Å²) in [5, 5.41) is 0. The third-order valence-corrected chi connectivity index (χ3v) is 10.6. The number of nitrogens with zero attached hydrogens (tertiary/aromatic N) is 3. The van der Waals surface area contributed by atoms with Gasteiger partial charge in [-0.1, -0.05) is 13.8 Å². The van der Waals surface area contributed by atoms with E-state index in [1.165, 1.54) is 77.8 Å². The molecule has 0 aromatic carbocycles. The second-order valence-electron chi connectivity index (χ2n) is 14.9. The number of piperidine rings is 2. The van der Waals surface area contributed by atoms with Crippen LogP contribution in [-0.4, -0.2) is 70.6 Å². The van der Waals surface area contributed by atoms with Crippen molar-refractivity contribution in [2.45, 2.75) is 117 Å². The molecular formula is C29H55N3. The summed E-state index contributed by atoms with van der Waals surface area (Å²) in [5.74, 6) is 3.69. The molecule has 0 aromatic rings. The Bertz CT molecular complexity index is 660. The zero-order valence-electron chi connectivity index (χ0n) is 23.1. The Labute approximate surface area is 200 Å². The molecule has 4 atom stereocenters. The molecule has 3 saturated heterocycles. The van der Waals surface area contributed by atoms with Crippen molar-refractivity contribution in [1.29, 1.82) is 0 Å². The zero-order chi connectivity index (χ0) is 23.5. The van der Waals surface area contributed by atoms with Crippen molar-refractivity contribution in [3.8, 4) is 0 Å². The fraction of sp³-hybridized carbons (Fsp3) is 1.00. The summed E-state index contributed by atoms with van der Waals surface area (Å²) >= 11 is 0. The van der Waals surface area contributed by atoms with Gasteiger partial charge in [0.25, 0.3) is 0 Å². The topological polar surface area (TPSA) is 9.72 Å². The van der Waals surface area contributed by atoms with Crippen LogP contribution in [-0.2, 0) is 0 Å². The average Bonchev–Trinajstić information content (AvgIpc) is 3.24. The van der Waals surface area contributed by atoms with E-state index in [2.05, 4.69) is 77.0 Å². The Hall–Kier alpha value is -0.120. The van der Waals surface area contributed by atoms with Gasteiger partial charge in [0.1, 0.15) is 0 Å². The fourth-order valence-electron chi connectivity index (χ4n) is 7.65. The highest BCUT2D eigenvalue weighted by molar-refractivity contribution is 5.10. The van der Waals surface area contributed by atoms with Crippen molar-refractivity contribution < 1.29 is 0 Å². The molecule has 4 fully saturated rings. The summed E-state index contributed by atoms with van der Waals surface area (Å²) < 4.78 is 0. The van der Waals surface area contributed by atoms with E-state index >= 15 is 0 Å². The molecule has 0 aromatic heterocycles. The van der Waals surface area contributed by atoms with Crippen LogP contribution in [0.1, 0.15) is 101 Å². The van der Waals surface area contributed by atoms with Crippen LogP contribution in [0.3, 0.4) is 0 Å². The number of hydrogen-bond acceptors (Lipinski definition) is 3. The van der Waals surface area contributed by atoms with Crippen molar-refractivity contribution in [1.82, 2.24) is 14.7 Å². The molecular weight excluding hydrogens is 390 g/mol. The molecule has 1 spiro atoms. The summed E-state index contributed by atoms with van der Waals surface area (Å²) in [6.45, 7) is 30.1. The van der Waals surface area contributed by atoms with Gasteiger partial charge in [-0.3, -0.25) is 14.7 Å². The molecule has 0 amide bonds. The smallest absolute Gasteiger partial charge is 0.0154 e. The zero-order valence-corrected chi connectivity index (χ0v) is 23.1. The van der Waals surface area contributed by atoms with Crippen LogP contribution in [0.15, 0.2) is 0 Å². The molecule has 3 nitrogen and oxygen atoms in total. The lowest BCUT2D eigenvalue weighted by Crippen LogP contribution is -2.58. The SMILES string of the molecule is CC(C)C1CC12CCN(C(C)(C)CCC(C)(C)N1CCC3CCN(C(C)(C)C)CC3C1)C2. The number of hydrogen-bond donors (Lipinski definition) is 0. The summed E-state index contributed by atoms with van der Waals surface area (Å²) in [5.41, 5.74) is 1.64. The first-order chi connectivity index (χ1) is 14.7. The van der Waals surface area contributed by atoms with Gasteiger partial charge in [-0.25, -0.2) is 0 Å². The highest BCUT2D eigenvalue weighted by Crippen LogP contribution is 2.62. The largest absolute Gasteiger partial charge is 0.298 e. The minimum absolute atomic E-state index is 0.309. The van der Waals surface area contributed by atoms with E-state index < -0.39 is 0 Å². The molecule has 4 rings (SSSR count). The third-order valence-electron chi connectivity index (χ3n) is 10.6. The Morgan fingerprint density at radius 1 is 0.750 bits per heavy atom. The van der Waals surface area contributed by atoms with Crippen LogP contribution in [0, 0.1) is 29.1 Å². The number of likely N-dealkylation sites (tertiary alicyclic amines) is 3. The Morgan fingerprint density at radius 3 is 1.88 bits per heavy atom. The lowest BCUT2D eigenvalue weighted by molar-refractivity contribution is -0.0306. The Morgan fingerprint density at radius 2 is 1.31 bits per heavy atom. The molecule has 4 unspecified atom stereocenters. The molecule has 4 aliphatic rings. The molecule has 3 aliphatic heterocycles. The van der Waals surface area contributed by atoms with E-state index in [9.17, 15) is 0 Å². The molecule has 1 saturated carbocycles. The van der Waals surface area contributed by atoms with E-state index in [1.54, 1.807) is 0 Å². The fourth-order valence-corrected chi connectivity index (χ4v) is 7.65. The van der Waals surface area contributed by atoms with Gasteiger partial charge in [-0.05, 0) is 136 Å². The van der Waals surface area contributed by atoms with Gasteiger partial charge < -0.3 is 0 Å². The summed E-state index contributed by atoms with van der Waals surface area (Å²) in [6.07, 6.45) is 8.41. The highest BCUT2D eigenvalue weighted by Gasteiger charge is 2.59. The molecule has 32 heavy (non-hydrogen) atoms. The third kappa shape index (κ3) is 4.96. The predicted octanol–water partition coefficient (Wildman–Crippen LogP) is 6.13. The molecule has 0 N–H and O–H groups in total. The standard InChI is InChI=1S/C29H55N3/c1-22(2)25-18-29(25)14-17-32(21-29)28(8,9)13-12-27(6,7)31-16-11-23-10-15-30(26(3,4)5)19-24(23)20-31/h22-25H,10-21H2,1-9H3. The van der Waals surface area contributed by atoms with Crippen molar-refractivity contribution in [2.24, 2.45) is 29.1 Å². The van der Waals surface area contributed by atoms with Gasteiger partial charge in [0.15, 0.2) is 0 Å². The van der Waals surface area contributed by atoms with E-state index in [4.69, 9.17) is 0 Å². The van der Waals surface area contributed by atoms with Gasteiger partial charge in [-0.2, -0.15) is 0 Å². The average molecular weight is 446 g/mol. The predicted molar refractivity (Wildman–Crippen MR) is 138 cm³/mol. The monoisotopic (exact) mass is 445 g/mol. The quantitative estimate of drug-likeness (QED) is 0.486. The first kappa shape index (κ1) is 25.0. The van der Waals surface area contributed by atoms with Crippen molar-refractivity contribution in [3.05, 3.63) is 0 Å². The molecule has 3 heterocycles. The van der Waals surface area contributed by atoms with Gasteiger partial charge in [0.05, 0.1) is 0 Å². The number of fused-ring (bicyclic) bond motifs is 1. The first-order valence-electron chi connectivity index (χ1n) is 14.0. The minimum Gasteiger partial charge on any atom is -0.298 e. The second kappa shape index (κ2) is 8.52. The van der Waals surface area contributed by atoms with Crippen LogP contribution < -0.4 is 0 Å². The van der Waals surface area contributed by atoms with Crippen LogP contribution in [0.5, 0.6) is 0 Å². The highest BCUT2D eigenvalue weighted by atomic mass is 15.2. The lowest BCUT2D eigenvalue weighted by atomic mass is 9.77. The van der Waals surface area contributed by atoms with E-state index in [0.29, 0.717) is 22.0 Å². The molecule has 0 radical (unpaired) electrons. The first-order valence-corrected chi connectivity index (χ1v) is 14.0. The van der Waals surface area contributed by atoms with Gasteiger partial charge in [-0.15, -0.1) is 0 Å². The molecule has 1 aliphatic carbocycles. The van der Waals surface area contributed by atoms with Crippen LogP contribution >= 0.6 is 0 Å². The maximum absolute atomic E-state index is 2.87. The normalized spacial score (nSPS) is 35.6. The lowest BCUT2D eigenvalue weighted by Gasteiger charge is -2.52. The van der Waals surface area contributed by atoms with E-state index in [-0.39, 0.29) is 0 Å². The Balaban J connectivity index is 1.31. The van der Waals surface area contributed by atoms with Crippen LogP contribution in [0.2, 0.25) is 0 Å². The summed E-state index contributed by atoms with van der Waals surface area (Å²) in [4.78, 5) is 8.48. The molecule has 0 bridgehead atoms. The minimum atomic E-state index is 0.309. The summed E-state index contributed by atoms with van der Waals surface area (Å²) in [7, 11) is 0. The van der Waals surface area contributed by atoms with Gasteiger partial charge >= 0.3 is 0 Å². The maximum Gasteiger partial charge on any atom is 0.0154 e. The molecule has 186 valence electrons. The van der Waals surface area contributed by atoms with Crippen molar-refractivity contribution >= 4 is 0 Å². The Kier molecular flexibility index (Phi) is 6.65. The van der Waals surface area contributed by atoms with Crippen molar-refractivity contribution in [3.63, 3.8) is 0 Å². The molecule has 3 heteroatoms. The van der Waals surface area contributed by atoms with E-state index in [0.717, 1.165) is 23.7 Å². The maximum atomic E-state index is 2.87.